The standard InChI is InChI=1S/C42H24N4O/c1-2-12-27(13-3-1)40-44-41(33-22-28-19-18-25-10-4-6-14-29(25)38(28)32-17-9-8-16-31(32)33)46-42(45-40)35-23-37-34(24-43-35)39-30-15-7-5-11-26(30)20-21-36(39)47-37/h1-24H. The van der Waals surface area contributed by atoms with Gasteiger partial charge in [0, 0.05) is 34.2 Å². The number of hydrogen-bond donors (Lipinski definition) is 0. The van der Waals surface area contributed by atoms with Gasteiger partial charge in [-0.05, 0) is 55.2 Å². The van der Waals surface area contributed by atoms with Crippen LogP contribution in [0.4, 0.5) is 0 Å². The van der Waals surface area contributed by atoms with Gasteiger partial charge < -0.3 is 4.42 Å². The first-order chi connectivity index (χ1) is 23.3. The van der Waals surface area contributed by atoms with Crippen molar-refractivity contribution in [2.45, 2.75) is 0 Å². The molecule has 0 radical (unpaired) electrons. The van der Waals surface area contributed by atoms with Crippen LogP contribution in [0.3, 0.4) is 0 Å². The SMILES string of the molecule is c1ccc(-c2nc(-c3cc4oc5ccc6ccccc6c5c4cn3)nc(-c3cc4ccc5ccccc5c4c4ccccc34)n2)cc1. The van der Waals surface area contributed by atoms with Gasteiger partial charge in [-0.25, -0.2) is 15.0 Å². The number of hydrogen-bond acceptors (Lipinski definition) is 5. The van der Waals surface area contributed by atoms with Gasteiger partial charge in [0.15, 0.2) is 17.5 Å². The minimum absolute atomic E-state index is 0.490. The van der Waals surface area contributed by atoms with E-state index < -0.39 is 0 Å². The van der Waals surface area contributed by atoms with Gasteiger partial charge in [-0.2, -0.15) is 0 Å². The van der Waals surface area contributed by atoms with Gasteiger partial charge in [-0.15, -0.1) is 0 Å². The first kappa shape index (κ1) is 25.8. The predicted octanol–water partition coefficient (Wildman–Crippen LogP) is 10.8. The molecule has 3 aromatic heterocycles. The number of furan rings is 1. The Balaban J connectivity index is 1.23. The monoisotopic (exact) mass is 600 g/mol. The van der Waals surface area contributed by atoms with Gasteiger partial charge in [-0.3, -0.25) is 4.98 Å². The zero-order valence-corrected chi connectivity index (χ0v) is 25.1. The van der Waals surface area contributed by atoms with E-state index in [4.69, 9.17) is 24.4 Å². The van der Waals surface area contributed by atoms with Crippen LogP contribution in [0.2, 0.25) is 0 Å². The Kier molecular flexibility index (Phi) is 5.51. The summed E-state index contributed by atoms with van der Waals surface area (Å²) in [5.41, 5.74) is 4.05. The van der Waals surface area contributed by atoms with Gasteiger partial charge in [0.25, 0.3) is 0 Å². The van der Waals surface area contributed by atoms with E-state index in [1.807, 2.05) is 48.7 Å². The number of aromatic nitrogens is 4. The van der Waals surface area contributed by atoms with E-state index in [1.54, 1.807) is 0 Å². The summed E-state index contributed by atoms with van der Waals surface area (Å²) >= 11 is 0. The first-order valence-corrected chi connectivity index (χ1v) is 15.6. The lowest BCUT2D eigenvalue weighted by molar-refractivity contribution is 0.669. The van der Waals surface area contributed by atoms with Crippen molar-refractivity contribution < 1.29 is 4.42 Å². The van der Waals surface area contributed by atoms with Gasteiger partial charge in [-0.1, -0.05) is 121 Å². The van der Waals surface area contributed by atoms with Crippen LogP contribution in [0.5, 0.6) is 0 Å². The molecule has 0 amide bonds. The molecule has 10 rings (SSSR count). The molecule has 0 aliphatic rings. The van der Waals surface area contributed by atoms with Crippen molar-refractivity contribution in [1.82, 2.24) is 19.9 Å². The molecule has 0 bridgehead atoms. The zero-order valence-electron chi connectivity index (χ0n) is 25.1. The average Bonchev–Trinajstić information content (AvgIpc) is 3.53. The Hall–Kier alpha value is -6.46. The molecule has 0 spiro atoms. The maximum absolute atomic E-state index is 6.38. The lowest BCUT2D eigenvalue weighted by Crippen LogP contribution is -2.01. The molecule has 3 heterocycles. The normalized spacial score (nSPS) is 11.8. The van der Waals surface area contributed by atoms with Gasteiger partial charge >= 0.3 is 0 Å². The molecule has 0 unspecified atom stereocenters. The molecule has 10 aromatic rings. The lowest BCUT2D eigenvalue weighted by atomic mass is 9.93. The third-order valence-corrected chi connectivity index (χ3v) is 9.13. The van der Waals surface area contributed by atoms with Crippen LogP contribution in [0, 0.1) is 0 Å². The van der Waals surface area contributed by atoms with Crippen molar-refractivity contribution in [3.8, 4) is 34.3 Å². The Morgan fingerprint density at radius 3 is 1.83 bits per heavy atom. The Bertz CT molecular complexity index is 2860. The summed E-state index contributed by atoms with van der Waals surface area (Å²) in [6.07, 6.45) is 1.88. The highest BCUT2D eigenvalue weighted by Crippen LogP contribution is 2.39. The van der Waals surface area contributed by atoms with E-state index in [1.165, 1.54) is 16.2 Å². The summed E-state index contributed by atoms with van der Waals surface area (Å²) in [5, 5.41) is 11.4. The Morgan fingerprint density at radius 1 is 0.404 bits per heavy atom. The second kappa shape index (κ2) is 10.0. The van der Waals surface area contributed by atoms with Crippen LogP contribution < -0.4 is 0 Å². The van der Waals surface area contributed by atoms with Crippen LogP contribution in [-0.4, -0.2) is 19.9 Å². The maximum atomic E-state index is 6.38. The minimum Gasteiger partial charge on any atom is -0.456 e. The highest BCUT2D eigenvalue weighted by molar-refractivity contribution is 6.23. The zero-order chi connectivity index (χ0) is 30.9. The third-order valence-electron chi connectivity index (χ3n) is 9.13. The second-order valence-corrected chi connectivity index (χ2v) is 11.9. The fourth-order valence-corrected chi connectivity index (χ4v) is 6.96. The highest BCUT2D eigenvalue weighted by Gasteiger charge is 2.19. The molecule has 7 aromatic carbocycles. The number of pyridine rings is 1. The van der Waals surface area contributed by atoms with Crippen LogP contribution in [-0.2, 0) is 0 Å². The fraction of sp³-hybridized carbons (Fsp3) is 0. The van der Waals surface area contributed by atoms with E-state index in [2.05, 4.69) is 97.1 Å². The molecule has 0 fully saturated rings. The minimum atomic E-state index is 0.490. The predicted molar refractivity (Wildman–Crippen MR) is 191 cm³/mol. The number of rotatable bonds is 3. The molecule has 0 aliphatic carbocycles. The van der Waals surface area contributed by atoms with E-state index in [0.29, 0.717) is 23.2 Å². The van der Waals surface area contributed by atoms with Crippen LogP contribution in [0.25, 0.3) is 99.3 Å². The summed E-state index contributed by atoms with van der Waals surface area (Å²) in [6.45, 7) is 0. The largest absolute Gasteiger partial charge is 0.456 e. The van der Waals surface area contributed by atoms with Gasteiger partial charge in [0.1, 0.15) is 16.9 Å². The smallest absolute Gasteiger partial charge is 0.182 e. The van der Waals surface area contributed by atoms with Crippen LogP contribution in [0.1, 0.15) is 0 Å². The number of benzene rings is 7. The Morgan fingerprint density at radius 2 is 1.02 bits per heavy atom. The summed E-state index contributed by atoms with van der Waals surface area (Å²) in [4.78, 5) is 20.1. The van der Waals surface area contributed by atoms with Crippen molar-refractivity contribution in [2.75, 3.05) is 0 Å². The van der Waals surface area contributed by atoms with E-state index in [0.717, 1.165) is 60.0 Å². The molecule has 5 heteroatoms. The molecular formula is C42H24N4O. The number of fused-ring (bicyclic) bond motifs is 10. The molecule has 0 saturated carbocycles. The summed E-state index contributed by atoms with van der Waals surface area (Å²) in [6, 6.07) is 48.1. The quantitative estimate of drug-likeness (QED) is 0.189. The van der Waals surface area contributed by atoms with E-state index >= 15 is 0 Å². The molecule has 5 nitrogen and oxygen atoms in total. The first-order valence-electron chi connectivity index (χ1n) is 15.6. The van der Waals surface area contributed by atoms with E-state index in [-0.39, 0.29) is 0 Å². The van der Waals surface area contributed by atoms with Crippen LogP contribution in [0.15, 0.2) is 150 Å². The van der Waals surface area contributed by atoms with E-state index in [9.17, 15) is 0 Å². The third kappa shape index (κ3) is 4.03. The molecule has 0 N–H and O–H groups in total. The Labute approximate surface area is 268 Å². The molecular weight excluding hydrogens is 576 g/mol. The summed E-state index contributed by atoms with van der Waals surface area (Å²) < 4.78 is 6.38. The molecule has 218 valence electrons. The summed E-state index contributed by atoms with van der Waals surface area (Å²) in [7, 11) is 0. The van der Waals surface area contributed by atoms with Crippen molar-refractivity contribution in [3.63, 3.8) is 0 Å². The van der Waals surface area contributed by atoms with Crippen molar-refractivity contribution >= 4 is 65.0 Å². The maximum Gasteiger partial charge on any atom is 0.182 e. The average molecular weight is 601 g/mol. The van der Waals surface area contributed by atoms with Crippen molar-refractivity contribution in [2.24, 2.45) is 0 Å². The fourth-order valence-electron chi connectivity index (χ4n) is 6.96. The molecule has 0 atom stereocenters. The van der Waals surface area contributed by atoms with Gasteiger partial charge in [0.05, 0.1) is 0 Å². The summed E-state index contributed by atoms with van der Waals surface area (Å²) in [5.74, 6) is 1.67. The molecule has 0 saturated heterocycles. The second-order valence-electron chi connectivity index (χ2n) is 11.9. The van der Waals surface area contributed by atoms with Gasteiger partial charge in [0.2, 0.25) is 0 Å². The van der Waals surface area contributed by atoms with Crippen molar-refractivity contribution in [1.29, 1.82) is 0 Å². The molecule has 0 aliphatic heterocycles. The van der Waals surface area contributed by atoms with Crippen LogP contribution >= 0.6 is 0 Å². The topological polar surface area (TPSA) is 64.7 Å². The number of nitrogens with zero attached hydrogens (tertiary/aromatic N) is 4. The molecule has 47 heavy (non-hydrogen) atoms. The lowest BCUT2D eigenvalue weighted by Gasteiger charge is -2.13. The highest BCUT2D eigenvalue weighted by atomic mass is 16.3. The van der Waals surface area contributed by atoms with Crippen molar-refractivity contribution in [3.05, 3.63) is 146 Å².